The Kier molecular flexibility index (Phi) is 6.93. The molecule has 1 unspecified atom stereocenters. The molecule has 0 rings (SSSR count). The number of amides is 1. The average Bonchev–Trinajstić information content (AvgIpc) is 2.11. The first kappa shape index (κ1) is 16.0. The minimum Gasteiger partial charge on any atom is -0.444 e. The zero-order valence-corrected chi connectivity index (χ0v) is 12.1. The zero-order chi connectivity index (χ0) is 13.5. The monoisotopic (exact) mass is 241 g/mol. The summed E-state index contributed by atoms with van der Waals surface area (Å²) in [5.74, 6) is 0.470. The highest BCUT2D eigenvalue weighted by atomic mass is 16.6. The molecule has 0 saturated heterocycles. The van der Waals surface area contributed by atoms with Crippen molar-refractivity contribution in [2.45, 2.75) is 60.0 Å². The van der Waals surface area contributed by atoms with E-state index >= 15 is 0 Å². The van der Waals surface area contributed by atoms with Gasteiger partial charge in [-0.15, -0.1) is 0 Å². The molecule has 0 heterocycles. The van der Waals surface area contributed by atoms with E-state index in [9.17, 15) is 4.79 Å². The van der Waals surface area contributed by atoms with Crippen LogP contribution in [-0.2, 0) is 4.74 Å². The van der Waals surface area contributed by atoms with E-state index in [2.05, 4.69) is 32.2 Å². The summed E-state index contributed by atoms with van der Waals surface area (Å²) in [6, 6.07) is 0. The molecule has 1 N–H and O–H groups in total. The molecule has 0 aromatic rings. The summed E-state index contributed by atoms with van der Waals surface area (Å²) in [7, 11) is 0. The Morgan fingerprint density at radius 1 is 1.35 bits per heavy atom. The molecular weight excluding hydrogens is 214 g/mol. The third-order valence-electron chi connectivity index (χ3n) is 2.21. The number of carbonyl (C=O) groups is 1. The van der Waals surface area contributed by atoms with Crippen LogP contribution in [0.4, 0.5) is 4.79 Å². The molecule has 17 heavy (non-hydrogen) atoms. The Labute approximate surface area is 106 Å². The van der Waals surface area contributed by atoms with Gasteiger partial charge in [0.25, 0.3) is 0 Å². The summed E-state index contributed by atoms with van der Waals surface area (Å²) in [4.78, 5) is 11.4. The minimum absolute atomic E-state index is 0.327. The number of hydrogen-bond acceptors (Lipinski definition) is 2. The highest BCUT2D eigenvalue weighted by molar-refractivity contribution is 5.67. The molecule has 0 fully saturated rings. The van der Waals surface area contributed by atoms with Crippen LogP contribution in [0, 0.1) is 5.92 Å². The second kappa shape index (κ2) is 7.36. The van der Waals surface area contributed by atoms with E-state index in [1.54, 1.807) is 0 Å². The Hall–Kier alpha value is -0.990. The van der Waals surface area contributed by atoms with Crippen LogP contribution in [-0.4, -0.2) is 18.2 Å². The first-order valence-corrected chi connectivity index (χ1v) is 6.31. The number of alkyl carbamates (subject to hydrolysis) is 1. The Morgan fingerprint density at radius 2 is 1.94 bits per heavy atom. The lowest BCUT2D eigenvalue weighted by molar-refractivity contribution is 0.0520. The summed E-state index contributed by atoms with van der Waals surface area (Å²) >= 11 is 0. The van der Waals surface area contributed by atoms with Crippen LogP contribution >= 0.6 is 0 Å². The third-order valence-corrected chi connectivity index (χ3v) is 2.21. The van der Waals surface area contributed by atoms with Crippen molar-refractivity contribution in [2.24, 2.45) is 5.92 Å². The van der Waals surface area contributed by atoms with Gasteiger partial charge in [-0.25, -0.2) is 4.79 Å². The van der Waals surface area contributed by atoms with Gasteiger partial charge in [0.15, 0.2) is 0 Å². The Balaban J connectivity index is 3.73. The van der Waals surface area contributed by atoms with Gasteiger partial charge >= 0.3 is 6.09 Å². The number of rotatable bonds is 5. The van der Waals surface area contributed by atoms with Gasteiger partial charge in [0.1, 0.15) is 5.60 Å². The van der Waals surface area contributed by atoms with E-state index in [-0.39, 0.29) is 6.09 Å². The van der Waals surface area contributed by atoms with E-state index in [1.165, 1.54) is 5.57 Å². The van der Waals surface area contributed by atoms with Crippen molar-refractivity contribution in [3.05, 3.63) is 11.6 Å². The second-order valence-electron chi connectivity index (χ2n) is 5.85. The molecule has 0 aliphatic carbocycles. The first-order valence-electron chi connectivity index (χ1n) is 6.31. The fraction of sp³-hybridized carbons (Fsp3) is 0.786. The van der Waals surface area contributed by atoms with Gasteiger partial charge in [0, 0.05) is 6.54 Å². The van der Waals surface area contributed by atoms with Gasteiger partial charge < -0.3 is 10.1 Å². The topological polar surface area (TPSA) is 38.3 Å². The molecule has 0 aliphatic rings. The van der Waals surface area contributed by atoms with Crippen molar-refractivity contribution in [2.75, 3.05) is 6.54 Å². The number of allylic oxidation sites excluding steroid dienone is 2. The average molecular weight is 241 g/mol. The van der Waals surface area contributed by atoms with E-state index < -0.39 is 5.60 Å². The van der Waals surface area contributed by atoms with Gasteiger partial charge in [0.05, 0.1) is 0 Å². The lowest BCUT2D eigenvalue weighted by Crippen LogP contribution is -2.34. The van der Waals surface area contributed by atoms with Crippen LogP contribution < -0.4 is 5.32 Å². The molecule has 3 heteroatoms. The van der Waals surface area contributed by atoms with E-state index in [0.717, 1.165) is 12.8 Å². The highest BCUT2D eigenvalue weighted by Crippen LogP contribution is 2.09. The normalized spacial score (nSPS) is 12.8. The number of nitrogens with one attached hydrogen (secondary N) is 1. The van der Waals surface area contributed by atoms with Crippen LogP contribution in [0.2, 0.25) is 0 Å². The first-order chi connectivity index (χ1) is 7.70. The smallest absolute Gasteiger partial charge is 0.407 e. The van der Waals surface area contributed by atoms with Gasteiger partial charge in [-0.05, 0) is 53.4 Å². The SMILES string of the molecule is CC(C)=CCCC(C)CNC(=O)OC(C)(C)C. The van der Waals surface area contributed by atoms with E-state index in [0.29, 0.717) is 12.5 Å². The summed E-state index contributed by atoms with van der Waals surface area (Å²) in [6.07, 6.45) is 4.05. The molecule has 1 atom stereocenters. The van der Waals surface area contributed by atoms with Crippen molar-refractivity contribution in [1.82, 2.24) is 5.32 Å². The van der Waals surface area contributed by atoms with Crippen LogP contribution in [0.25, 0.3) is 0 Å². The lowest BCUT2D eigenvalue weighted by Gasteiger charge is -2.20. The largest absolute Gasteiger partial charge is 0.444 e. The number of carbonyl (C=O) groups excluding carboxylic acids is 1. The lowest BCUT2D eigenvalue weighted by atomic mass is 10.0. The van der Waals surface area contributed by atoms with E-state index in [4.69, 9.17) is 4.74 Å². The van der Waals surface area contributed by atoms with Crippen molar-refractivity contribution in [3.8, 4) is 0 Å². The van der Waals surface area contributed by atoms with Crippen molar-refractivity contribution in [1.29, 1.82) is 0 Å². The maximum absolute atomic E-state index is 11.4. The predicted molar refractivity (Wildman–Crippen MR) is 72.1 cm³/mol. The van der Waals surface area contributed by atoms with Gasteiger partial charge in [-0.1, -0.05) is 18.6 Å². The molecule has 0 aromatic heterocycles. The zero-order valence-electron chi connectivity index (χ0n) is 12.1. The summed E-state index contributed by atoms with van der Waals surface area (Å²) in [6.45, 7) is 12.6. The van der Waals surface area contributed by atoms with Crippen LogP contribution in [0.3, 0.4) is 0 Å². The summed E-state index contributed by atoms with van der Waals surface area (Å²) in [5, 5.41) is 2.80. The summed E-state index contributed by atoms with van der Waals surface area (Å²) < 4.78 is 5.17. The number of ether oxygens (including phenoxy) is 1. The molecular formula is C14H27NO2. The standard InChI is InChI=1S/C14H27NO2/c1-11(2)8-7-9-12(3)10-15-13(16)17-14(4,5)6/h8,12H,7,9-10H2,1-6H3,(H,15,16). The van der Waals surface area contributed by atoms with Gasteiger partial charge in [-0.2, -0.15) is 0 Å². The Morgan fingerprint density at radius 3 is 2.41 bits per heavy atom. The molecule has 100 valence electrons. The van der Waals surface area contributed by atoms with Crippen molar-refractivity contribution in [3.63, 3.8) is 0 Å². The molecule has 1 amide bonds. The fourth-order valence-corrected chi connectivity index (χ4v) is 1.33. The quantitative estimate of drug-likeness (QED) is 0.741. The van der Waals surface area contributed by atoms with Gasteiger partial charge in [0.2, 0.25) is 0 Å². The molecule has 0 bridgehead atoms. The Bertz CT molecular complexity index is 260. The molecule has 3 nitrogen and oxygen atoms in total. The fourth-order valence-electron chi connectivity index (χ4n) is 1.33. The minimum atomic E-state index is -0.421. The number of hydrogen-bond donors (Lipinski definition) is 1. The maximum atomic E-state index is 11.4. The summed E-state index contributed by atoms with van der Waals surface area (Å²) in [5.41, 5.74) is 0.923. The van der Waals surface area contributed by atoms with Crippen molar-refractivity contribution < 1.29 is 9.53 Å². The molecule has 0 aliphatic heterocycles. The molecule has 0 saturated carbocycles. The van der Waals surface area contributed by atoms with Crippen molar-refractivity contribution >= 4 is 6.09 Å². The molecule has 0 radical (unpaired) electrons. The van der Waals surface area contributed by atoms with E-state index in [1.807, 2.05) is 20.8 Å². The highest BCUT2D eigenvalue weighted by Gasteiger charge is 2.16. The van der Waals surface area contributed by atoms with Crippen LogP contribution in [0.5, 0.6) is 0 Å². The predicted octanol–water partition coefficient (Wildman–Crippen LogP) is 3.89. The van der Waals surface area contributed by atoms with Crippen LogP contribution in [0.1, 0.15) is 54.4 Å². The molecule has 0 aromatic carbocycles. The third kappa shape index (κ3) is 11.3. The molecule has 0 spiro atoms. The maximum Gasteiger partial charge on any atom is 0.407 e. The van der Waals surface area contributed by atoms with Crippen LogP contribution in [0.15, 0.2) is 11.6 Å². The second-order valence-corrected chi connectivity index (χ2v) is 5.85. The van der Waals surface area contributed by atoms with Gasteiger partial charge in [-0.3, -0.25) is 0 Å².